The average Bonchev–Trinajstić information content (AvgIpc) is 3.14. The Hall–Kier alpha value is -3.77. The molecule has 1 aliphatic carbocycles. The van der Waals surface area contributed by atoms with Crippen LogP contribution >= 0.6 is 11.6 Å². The Kier molecular flexibility index (Phi) is 5.99. The van der Waals surface area contributed by atoms with E-state index in [1.165, 1.54) is 23.6 Å². The molecule has 1 atom stereocenters. The van der Waals surface area contributed by atoms with Gasteiger partial charge in [-0.05, 0) is 84.8 Å². The quantitative estimate of drug-likeness (QED) is 0.284. The standard InChI is InChI=1S/C28H24ClNO5/c1-35-23-13-8-18(15-22(23)31)25-24(26(32)19-7-6-16-4-2-3-5-17(16)14-19)27(33)28(34)30(25)21-11-9-20(29)10-12-21/h6-15,25,31-32H,2-5H2,1H3/b26-24-. The van der Waals surface area contributed by atoms with Crippen molar-refractivity contribution in [3.8, 4) is 11.5 Å². The van der Waals surface area contributed by atoms with Crippen LogP contribution in [0.1, 0.15) is 41.1 Å². The number of hydrogen-bond acceptors (Lipinski definition) is 5. The second-order valence-corrected chi connectivity index (χ2v) is 9.20. The normalized spacial score (nSPS) is 19.0. The second-order valence-electron chi connectivity index (χ2n) is 8.77. The first-order chi connectivity index (χ1) is 16.9. The summed E-state index contributed by atoms with van der Waals surface area (Å²) in [6.07, 6.45) is 4.10. The minimum Gasteiger partial charge on any atom is -0.507 e. The smallest absolute Gasteiger partial charge is 0.300 e. The van der Waals surface area contributed by atoms with E-state index in [2.05, 4.69) is 0 Å². The highest BCUT2D eigenvalue weighted by Gasteiger charge is 2.47. The first-order valence-corrected chi connectivity index (χ1v) is 11.8. The van der Waals surface area contributed by atoms with Gasteiger partial charge in [0.25, 0.3) is 11.7 Å². The summed E-state index contributed by atoms with van der Waals surface area (Å²) in [4.78, 5) is 27.9. The fraction of sp³-hybridized carbons (Fsp3) is 0.214. The number of ether oxygens (including phenoxy) is 1. The van der Waals surface area contributed by atoms with Gasteiger partial charge >= 0.3 is 0 Å². The Morgan fingerprint density at radius 1 is 0.971 bits per heavy atom. The molecule has 1 fully saturated rings. The van der Waals surface area contributed by atoms with Gasteiger partial charge < -0.3 is 14.9 Å². The number of aliphatic hydroxyl groups is 1. The monoisotopic (exact) mass is 489 g/mol. The Morgan fingerprint density at radius 2 is 1.69 bits per heavy atom. The number of phenols is 1. The highest BCUT2D eigenvalue weighted by molar-refractivity contribution is 6.51. The number of ketones is 1. The van der Waals surface area contributed by atoms with Crippen molar-refractivity contribution in [1.82, 2.24) is 0 Å². The van der Waals surface area contributed by atoms with Gasteiger partial charge in [0.2, 0.25) is 0 Å². The maximum Gasteiger partial charge on any atom is 0.300 e. The van der Waals surface area contributed by atoms with Crippen molar-refractivity contribution in [1.29, 1.82) is 0 Å². The number of halogens is 1. The number of carbonyl (C=O) groups excluding carboxylic acids is 2. The van der Waals surface area contributed by atoms with E-state index in [1.54, 1.807) is 42.5 Å². The molecule has 5 rings (SSSR count). The van der Waals surface area contributed by atoms with Crippen molar-refractivity contribution >= 4 is 34.7 Å². The lowest BCUT2D eigenvalue weighted by atomic mass is 9.88. The Morgan fingerprint density at radius 3 is 2.37 bits per heavy atom. The molecule has 2 aliphatic rings. The molecule has 1 saturated heterocycles. The van der Waals surface area contributed by atoms with E-state index < -0.39 is 17.7 Å². The summed E-state index contributed by atoms with van der Waals surface area (Å²) in [5, 5.41) is 22.3. The summed E-state index contributed by atoms with van der Waals surface area (Å²) in [7, 11) is 1.44. The van der Waals surface area contributed by atoms with Crippen LogP contribution in [-0.2, 0) is 22.4 Å². The Labute approximate surface area is 208 Å². The zero-order valence-corrected chi connectivity index (χ0v) is 19.9. The van der Waals surface area contributed by atoms with Gasteiger partial charge in [0.05, 0.1) is 18.7 Å². The number of amides is 1. The lowest BCUT2D eigenvalue weighted by Crippen LogP contribution is -2.29. The first kappa shape index (κ1) is 23.0. The topological polar surface area (TPSA) is 87.1 Å². The van der Waals surface area contributed by atoms with E-state index >= 15 is 0 Å². The van der Waals surface area contributed by atoms with Crippen molar-refractivity contribution in [3.05, 3.63) is 93.5 Å². The highest BCUT2D eigenvalue weighted by Crippen LogP contribution is 2.44. The average molecular weight is 490 g/mol. The summed E-state index contributed by atoms with van der Waals surface area (Å²) in [5.74, 6) is -1.69. The molecule has 1 aliphatic heterocycles. The van der Waals surface area contributed by atoms with Crippen molar-refractivity contribution in [2.24, 2.45) is 0 Å². The van der Waals surface area contributed by atoms with Crippen LogP contribution in [0.5, 0.6) is 11.5 Å². The molecule has 6 nitrogen and oxygen atoms in total. The molecule has 0 saturated carbocycles. The van der Waals surface area contributed by atoms with Gasteiger partial charge in [-0.1, -0.05) is 29.8 Å². The van der Waals surface area contributed by atoms with Crippen LogP contribution in [0, 0.1) is 0 Å². The third-order valence-electron chi connectivity index (χ3n) is 6.69. The molecule has 2 N–H and O–H groups in total. The zero-order valence-electron chi connectivity index (χ0n) is 19.1. The number of fused-ring (bicyclic) bond motifs is 1. The van der Waals surface area contributed by atoms with E-state index in [0.29, 0.717) is 21.8 Å². The molecule has 1 unspecified atom stereocenters. The molecular weight excluding hydrogens is 466 g/mol. The Balaban J connectivity index is 1.70. The van der Waals surface area contributed by atoms with Gasteiger partial charge in [-0.3, -0.25) is 14.5 Å². The second kappa shape index (κ2) is 9.12. The molecule has 178 valence electrons. The summed E-state index contributed by atoms with van der Waals surface area (Å²) < 4.78 is 5.15. The van der Waals surface area contributed by atoms with Gasteiger partial charge in [0.15, 0.2) is 11.5 Å². The van der Waals surface area contributed by atoms with Crippen LogP contribution in [0.2, 0.25) is 5.02 Å². The third kappa shape index (κ3) is 4.04. The number of rotatable bonds is 4. The molecule has 0 aromatic heterocycles. The van der Waals surface area contributed by atoms with E-state index in [-0.39, 0.29) is 22.8 Å². The fourth-order valence-corrected chi connectivity index (χ4v) is 5.06. The van der Waals surface area contributed by atoms with E-state index in [0.717, 1.165) is 31.2 Å². The molecule has 7 heteroatoms. The predicted octanol–water partition coefficient (Wildman–Crippen LogP) is 5.56. The largest absolute Gasteiger partial charge is 0.507 e. The Bertz CT molecular complexity index is 1360. The lowest BCUT2D eigenvalue weighted by Gasteiger charge is -2.26. The zero-order chi connectivity index (χ0) is 24.7. The number of benzene rings is 3. The van der Waals surface area contributed by atoms with E-state index in [4.69, 9.17) is 16.3 Å². The number of aliphatic hydroxyl groups excluding tert-OH is 1. The van der Waals surface area contributed by atoms with Gasteiger partial charge in [0.1, 0.15) is 5.76 Å². The summed E-state index contributed by atoms with van der Waals surface area (Å²) >= 11 is 6.04. The molecule has 3 aromatic carbocycles. The van der Waals surface area contributed by atoms with Crippen LogP contribution in [0.15, 0.2) is 66.2 Å². The maximum absolute atomic E-state index is 13.3. The van der Waals surface area contributed by atoms with Crippen LogP contribution < -0.4 is 9.64 Å². The van der Waals surface area contributed by atoms with Crippen LogP contribution in [0.4, 0.5) is 5.69 Å². The minimum absolute atomic E-state index is 0.0368. The number of methoxy groups -OCH3 is 1. The van der Waals surface area contributed by atoms with Crippen molar-refractivity contribution < 1.29 is 24.5 Å². The van der Waals surface area contributed by atoms with Crippen LogP contribution in [0.3, 0.4) is 0 Å². The number of aryl methyl sites for hydroxylation is 2. The third-order valence-corrected chi connectivity index (χ3v) is 6.94. The molecule has 3 aromatic rings. The number of hydrogen-bond donors (Lipinski definition) is 2. The fourth-order valence-electron chi connectivity index (χ4n) is 4.93. The van der Waals surface area contributed by atoms with E-state index in [1.807, 2.05) is 12.1 Å². The molecule has 1 amide bonds. The number of aromatic hydroxyl groups is 1. The van der Waals surface area contributed by atoms with Crippen LogP contribution in [-0.4, -0.2) is 29.0 Å². The van der Waals surface area contributed by atoms with Gasteiger partial charge in [-0.15, -0.1) is 0 Å². The molecule has 1 heterocycles. The maximum atomic E-state index is 13.3. The van der Waals surface area contributed by atoms with Gasteiger partial charge in [-0.25, -0.2) is 0 Å². The molecule has 0 bridgehead atoms. The molecule has 35 heavy (non-hydrogen) atoms. The summed E-state index contributed by atoms with van der Waals surface area (Å²) in [6.45, 7) is 0. The minimum atomic E-state index is -0.955. The number of anilines is 1. The lowest BCUT2D eigenvalue weighted by molar-refractivity contribution is -0.132. The summed E-state index contributed by atoms with van der Waals surface area (Å²) in [6, 6.07) is 15.9. The molecular formula is C28H24ClNO5. The number of phenolic OH excluding ortho intramolecular Hbond substituents is 1. The summed E-state index contributed by atoms with van der Waals surface area (Å²) in [5.41, 5.74) is 3.74. The van der Waals surface area contributed by atoms with Crippen molar-refractivity contribution in [2.75, 3.05) is 12.0 Å². The van der Waals surface area contributed by atoms with Crippen LogP contribution in [0.25, 0.3) is 5.76 Å². The SMILES string of the molecule is COc1ccc(C2/C(=C(/O)c3ccc4c(c3)CCCC4)C(=O)C(=O)N2c2ccc(Cl)cc2)cc1O. The molecule has 0 radical (unpaired) electrons. The molecule has 0 spiro atoms. The highest BCUT2D eigenvalue weighted by atomic mass is 35.5. The first-order valence-electron chi connectivity index (χ1n) is 11.4. The van der Waals surface area contributed by atoms with Crippen molar-refractivity contribution in [3.63, 3.8) is 0 Å². The van der Waals surface area contributed by atoms with Crippen molar-refractivity contribution in [2.45, 2.75) is 31.7 Å². The predicted molar refractivity (Wildman–Crippen MR) is 134 cm³/mol. The van der Waals surface area contributed by atoms with Gasteiger partial charge in [0, 0.05) is 16.3 Å². The van der Waals surface area contributed by atoms with Gasteiger partial charge in [-0.2, -0.15) is 0 Å². The number of carbonyl (C=O) groups is 2. The number of nitrogens with zero attached hydrogens (tertiary/aromatic N) is 1. The van der Waals surface area contributed by atoms with E-state index in [9.17, 15) is 19.8 Å². The number of Topliss-reactive ketones (excluding diaryl/α,β-unsaturated/α-hetero) is 1.